The molecule has 2 aliphatic heterocycles. The molecule has 2 fully saturated rings. The Morgan fingerprint density at radius 3 is 2.65 bits per heavy atom. The van der Waals surface area contributed by atoms with Gasteiger partial charge in [-0.15, -0.1) is 0 Å². The van der Waals surface area contributed by atoms with Gasteiger partial charge in [0.05, 0.1) is 12.7 Å². The van der Waals surface area contributed by atoms with Gasteiger partial charge in [0.1, 0.15) is 0 Å². The highest BCUT2D eigenvalue weighted by Gasteiger charge is 2.21. The Bertz CT molecular complexity index is 557. The van der Waals surface area contributed by atoms with Crippen LogP contribution in [0.3, 0.4) is 0 Å². The van der Waals surface area contributed by atoms with Crippen molar-refractivity contribution in [2.45, 2.75) is 31.5 Å². The number of aliphatic imine (C=N–C) groups is 1. The average molecular weight is 360 g/mol. The van der Waals surface area contributed by atoms with Crippen LogP contribution in [-0.2, 0) is 11.3 Å². The average Bonchev–Trinajstić information content (AvgIpc) is 2.67. The van der Waals surface area contributed by atoms with E-state index in [9.17, 15) is 0 Å². The molecule has 1 aromatic rings. The van der Waals surface area contributed by atoms with Crippen molar-refractivity contribution in [3.63, 3.8) is 0 Å². The van der Waals surface area contributed by atoms with Gasteiger partial charge < -0.3 is 20.3 Å². The standard InChI is InChI=1S/C20H33N5O/c1-21-20(22-14-19-16-24(2)12-13-26-19)23-18-8-10-25(11-9-18)15-17-6-4-3-5-7-17/h3-7,18-19H,8-16H2,1-2H3,(H2,21,22,23). The maximum atomic E-state index is 5.81. The summed E-state index contributed by atoms with van der Waals surface area (Å²) >= 11 is 0. The smallest absolute Gasteiger partial charge is 0.191 e. The molecular weight excluding hydrogens is 326 g/mol. The van der Waals surface area contributed by atoms with Crippen LogP contribution in [0, 0.1) is 0 Å². The number of ether oxygens (including phenoxy) is 1. The van der Waals surface area contributed by atoms with Gasteiger partial charge in [0.2, 0.25) is 0 Å². The van der Waals surface area contributed by atoms with Crippen LogP contribution in [-0.4, -0.2) is 81.3 Å². The first-order valence-corrected chi connectivity index (χ1v) is 9.76. The second-order valence-corrected chi connectivity index (χ2v) is 7.39. The first-order chi connectivity index (χ1) is 12.7. The Kier molecular flexibility index (Phi) is 7.29. The van der Waals surface area contributed by atoms with Gasteiger partial charge in [-0.05, 0) is 25.5 Å². The minimum atomic E-state index is 0.236. The van der Waals surface area contributed by atoms with E-state index >= 15 is 0 Å². The van der Waals surface area contributed by atoms with Crippen molar-refractivity contribution < 1.29 is 4.74 Å². The second-order valence-electron chi connectivity index (χ2n) is 7.39. The van der Waals surface area contributed by atoms with Gasteiger partial charge in [0, 0.05) is 52.4 Å². The quantitative estimate of drug-likeness (QED) is 0.610. The number of likely N-dealkylation sites (tertiary alicyclic amines) is 1. The predicted molar refractivity (Wildman–Crippen MR) is 106 cm³/mol. The lowest BCUT2D eigenvalue weighted by Gasteiger charge is -2.34. The number of morpholine rings is 1. The third-order valence-corrected chi connectivity index (χ3v) is 5.24. The number of hydrogen-bond acceptors (Lipinski definition) is 4. The maximum absolute atomic E-state index is 5.81. The van der Waals surface area contributed by atoms with Crippen molar-refractivity contribution in [2.24, 2.45) is 4.99 Å². The molecule has 2 saturated heterocycles. The van der Waals surface area contributed by atoms with E-state index in [1.54, 1.807) is 0 Å². The van der Waals surface area contributed by atoms with E-state index in [4.69, 9.17) is 4.74 Å². The molecule has 2 heterocycles. The van der Waals surface area contributed by atoms with Crippen molar-refractivity contribution in [1.82, 2.24) is 20.4 Å². The zero-order chi connectivity index (χ0) is 18.2. The van der Waals surface area contributed by atoms with Crippen molar-refractivity contribution in [3.8, 4) is 0 Å². The number of piperidine rings is 1. The van der Waals surface area contributed by atoms with E-state index in [2.05, 4.69) is 62.8 Å². The van der Waals surface area contributed by atoms with Crippen LogP contribution in [0.25, 0.3) is 0 Å². The fourth-order valence-corrected chi connectivity index (χ4v) is 3.67. The summed E-state index contributed by atoms with van der Waals surface area (Å²) in [6, 6.07) is 11.2. The molecule has 1 unspecified atom stereocenters. The molecule has 6 nitrogen and oxygen atoms in total. The molecule has 1 atom stereocenters. The number of nitrogens with zero attached hydrogens (tertiary/aromatic N) is 3. The lowest BCUT2D eigenvalue weighted by molar-refractivity contribution is -0.0161. The molecule has 0 bridgehead atoms. The molecule has 0 spiro atoms. The van der Waals surface area contributed by atoms with E-state index in [0.717, 1.165) is 64.7 Å². The summed E-state index contributed by atoms with van der Waals surface area (Å²) in [5, 5.41) is 7.02. The van der Waals surface area contributed by atoms with Crippen LogP contribution >= 0.6 is 0 Å². The number of rotatable bonds is 5. The number of likely N-dealkylation sites (N-methyl/N-ethyl adjacent to an activating group) is 1. The van der Waals surface area contributed by atoms with E-state index in [-0.39, 0.29) is 6.10 Å². The topological polar surface area (TPSA) is 52.1 Å². The number of nitrogens with one attached hydrogen (secondary N) is 2. The Labute approximate surface area is 157 Å². The number of benzene rings is 1. The third kappa shape index (κ3) is 5.97. The molecule has 0 saturated carbocycles. The van der Waals surface area contributed by atoms with Crippen LogP contribution in [0.2, 0.25) is 0 Å². The van der Waals surface area contributed by atoms with Crippen molar-refractivity contribution in [2.75, 3.05) is 53.4 Å². The Balaban J connectivity index is 1.37. The van der Waals surface area contributed by atoms with E-state index in [1.165, 1.54) is 5.56 Å². The normalized spacial score (nSPS) is 23.8. The Hall–Kier alpha value is -1.63. The maximum Gasteiger partial charge on any atom is 0.191 e. The summed E-state index contributed by atoms with van der Waals surface area (Å²) in [7, 11) is 3.99. The van der Waals surface area contributed by atoms with Gasteiger partial charge in [0.15, 0.2) is 5.96 Å². The third-order valence-electron chi connectivity index (χ3n) is 5.24. The molecule has 2 aliphatic rings. The molecule has 3 rings (SSSR count). The zero-order valence-corrected chi connectivity index (χ0v) is 16.2. The summed E-state index contributed by atoms with van der Waals surface area (Å²) in [5.41, 5.74) is 1.40. The minimum Gasteiger partial charge on any atom is -0.374 e. The highest BCUT2D eigenvalue weighted by molar-refractivity contribution is 5.80. The van der Waals surface area contributed by atoms with E-state index in [1.807, 2.05) is 7.05 Å². The molecule has 0 radical (unpaired) electrons. The van der Waals surface area contributed by atoms with Crippen molar-refractivity contribution in [1.29, 1.82) is 0 Å². The Morgan fingerprint density at radius 1 is 1.19 bits per heavy atom. The molecule has 144 valence electrons. The van der Waals surface area contributed by atoms with Crippen LogP contribution in [0.5, 0.6) is 0 Å². The molecule has 0 amide bonds. The lowest BCUT2D eigenvalue weighted by Crippen LogP contribution is -2.51. The van der Waals surface area contributed by atoms with Crippen LogP contribution in [0.15, 0.2) is 35.3 Å². The molecular formula is C20H33N5O. The van der Waals surface area contributed by atoms with Crippen molar-refractivity contribution in [3.05, 3.63) is 35.9 Å². The van der Waals surface area contributed by atoms with E-state index < -0.39 is 0 Å². The van der Waals surface area contributed by atoms with Gasteiger partial charge in [-0.3, -0.25) is 9.89 Å². The number of hydrogen-bond donors (Lipinski definition) is 2. The molecule has 0 aliphatic carbocycles. The molecule has 6 heteroatoms. The predicted octanol–water partition coefficient (Wildman–Crippen LogP) is 1.15. The minimum absolute atomic E-state index is 0.236. The first kappa shape index (κ1) is 19.1. The fourth-order valence-electron chi connectivity index (χ4n) is 3.67. The molecule has 1 aromatic carbocycles. The SMILES string of the molecule is CN=C(NCC1CN(C)CCO1)NC1CCN(Cc2ccccc2)CC1. The summed E-state index contributed by atoms with van der Waals surface area (Å²) < 4.78 is 5.81. The summed E-state index contributed by atoms with van der Waals surface area (Å²) in [4.78, 5) is 9.24. The fraction of sp³-hybridized carbons (Fsp3) is 0.650. The van der Waals surface area contributed by atoms with Crippen molar-refractivity contribution >= 4 is 5.96 Å². The van der Waals surface area contributed by atoms with Crippen LogP contribution < -0.4 is 10.6 Å². The van der Waals surface area contributed by atoms with Gasteiger partial charge >= 0.3 is 0 Å². The second kappa shape index (κ2) is 9.90. The Morgan fingerprint density at radius 2 is 1.96 bits per heavy atom. The summed E-state index contributed by atoms with van der Waals surface area (Å²) in [5.74, 6) is 0.892. The van der Waals surface area contributed by atoms with Gasteiger partial charge in [0.25, 0.3) is 0 Å². The lowest BCUT2D eigenvalue weighted by atomic mass is 10.0. The van der Waals surface area contributed by atoms with Crippen LogP contribution in [0.1, 0.15) is 18.4 Å². The first-order valence-electron chi connectivity index (χ1n) is 9.76. The van der Waals surface area contributed by atoms with Gasteiger partial charge in [-0.1, -0.05) is 30.3 Å². The monoisotopic (exact) mass is 359 g/mol. The summed E-state index contributed by atoms with van der Waals surface area (Å²) in [6.07, 6.45) is 2.53. The zero-order valence-electron chi connectivity index (χ0n) is 16.2. The highest BCUT2D eigenvalue weighted by Crippen LogP contribution is 2.13. The van der Waals surface area contributed by atoms with Gasteiger partial charge in [-0.2, -0.15) is 0 Å². The van der Waals surface area contributed by atoms with Gasteiger partial charge in [-0.25, -0.2) is 0 Å². The largest absolute Gasteiger partial charge is 0.374 e. The highest BCUT2D eigenvalue weighted by atomic mass is 16.5. The molecule has 26 heavy (non-hydrogen) atoms. The van der Waals surface area contributed by atoms with E-state index in [0.29, 0.717) is 6.04 Å². The molecule has 0 aromatic heterocycles. The van der Waals surface area contributed by atoms with Crippen LogP contribution in [0.4, 0.5) is 0 Å². The number of guanidine groups is 1. The molecule has 2 N–H and O–H groups in total. The summed E-state index contributed by atoms with van der Waals surface area (Å²) in [6.45, 7) is 6.91.